The summed E-state index contributed by atoms with van der Waals surface area (Å²) in [5, 5.41) is 0.869. The van der Waals surface area contributed by atoms with E-state index in [0.717, 1.165) is 43.7 Å². The maximum Gasteiger partial charge on any atom is 0.267 e. The SMILES string of the molecule is O=c1[nH]cnc(N2CCC(OCCBr)CC2)c1Br. The van der Waals surface area contributed by atoms with Crippen LogP contribution in [-0.2, 0) is 4.74 Å². The van der Waals surface area contributed by atoms with Crippen LogP contribution in [-0.4, -0.2) is 41.1 Å². The van der Waals surface area contributed by atoms with E-state index in [-0.39, 0.29) is 5.56 Å². The van der Waals surface area contributed by atoms with Gasteiger partial charge in [-0.3, -0.25) is 4.79 Å². The second kappa shape index (κ2) is 6.68. The van der Waals surface area contributed by atoms with Crippen LogP contribution in [0.15, 0.2) is 15.6 Å². The van der Waals surface area contributed by atoms with Crippen LogP contribution in [0.2, 0.25) is 0 Å². The van der Waals surface area contributed by atoms with Gasteiger partial charge in [0.05, 0.1) is 19.0 Å². The van der Waals surface area contributed by atoms with Gasteiger partial charge in [0.2, 0.25) is 0 Å². The first-order valence-electron chi connectivity index (χ1n) is 5.88. The lowest BCUT2D eigenvalue weighted by molar-refractivity contribution is 0.0480. The largest absolute Gasteiger partial charge is 0.377 e. The van der Waals surface area contributed by atoms with E-state index in [4.69, 9.17) is 4.74 Å². The average molecular weight is 381 g/mol. The number of aromatic amines is 1. The Kier molecular flexibility index (Phi) is 5.20. The smallest absolute Gasteiger partial charge is 0.267 e. The number of halogens is 2. The summed E-state index contributed by atoms with van der Waals surface area (Å²) in [4.78, 5) is 20.4. The minimum absolute atomic E-state index is 0.141. The van der Waals surface area contributed by atoms with E-state index in [0.29, 0.717) is 10.6 Å². The van der Waals surface area contributed by atoms with Crippen molar-refractivity contribution in [1.82, 2.24) is 9.97 Å². The number of piperidine rings is 1. The fourth-order valence-corrected chi connectivity index (χ4v) is 2.69. The highest BCUT2D eigenvalue weighted by Crippen LogP contribution is 2.23. The third-order valence-corrected chi connectivity index (χ3v) is 3.99. The first-order chi connectivity index (χ1) is 8.72. The van der Waals surface area contributed by atoms with Gasteiger partial charge in [-0.05, 0) is 28.8 Å². The number of nitrogens with zero attached hydrogens (tertiary/aromatic N) is 2. The fraction of sp³-hybridized carbons (Fsp3) is 0.636. The zero-order chi connectivity index (χ0) is 13.0. The summed E-state index contributed by atoms with van der Waals surface area (Å²) in [7, 11) is 0. The normalized spacial score (nSPS) is 17.1. The zero-order valence-corrected chi connectivity index (χ0v) is 13.0. The van der Waals surface area contributed by atoms with Gasteiger partial charge in [-0.15, -0.1) is 0 Å². The fourth-order valence-electron chi connectivity index (χ4n) is 2.04. The maximum atomic E-state index is 11.5. The van der Waals surface area contributed by atoms with Gasteiger partial charge in [0.1, 0.15) is 10.3 Å². The summed E-state index contributed by atoms with van der Waals surface area (Å²) in [5.41, 5.74) is -0.141. The van der Waals surface area contributed by atoms with Crippen molar-refractivity contribution >= 4 is 37.7 Å². The van der Waals surface area contributed by atoms with Crippen molar-refractivity contribution in [2.75, 3.05) is 29.9 Å². The second-order valence-electron chi connectivity index (χ2n) is 4.12. The molecule has 0 spiro atoms. The molecule has 0 atom stereocenters. The van der Waals surface area contributed by atoms with Crippen LogP contribution in [0.3, 0.4) is 0 Å². The standard InChI is InChI=1S/C11H15Br2N3O2/c12-3-6-18-8-1-4-16(5-2-8)10-9(13)11(17)15-7-14-10/h7-8H,1-6H2,(H,14,15,17). The molecule has 1 saturated heterocycles. The molecule has 1 fully saturated rings. The van der Waals surface area contributed by atoms with Gasteiger partial charge in [-0.2, -0.15) is 0 Å². The third-order valence-electron chi connectivity index (χ3n) is 2.95. The molecule has 1 N–H and O–H groups in total. The highest BCUT2D eigenvalue weighted by atomic mass is 79.9. The molecule has 0 saturated carbocycles. The lowest BCUT2D eigenvalue weighted by Gasteiger charge is -2.32. The molecule has 0 aliphatic carbocycles. The lowest BCUT2D eigenvalue weighted by atomic mass is 10.1. The number of hydrogen-bond donors (Lipinski definition) is 1. The van der Waals surface area contributed by atoms with Gasteiger partial charge in [-0.25, -0.2) is 4.98 Å². The summed E-state index contributed by atoms with van der Waals surface area (Å²) >= 11 is 6.64. The van der Waals surface area contributed by atoms with Crippen molar-refractivity contribution in [2.45, 2.75) is 18.9 Å². The summed E-state index contributed by atoms with van der Waals surface area (Å²) in [6.45, 7) is 2.47. The van der Waals surface area contributed by atoms with Crippen molar-refractivity contribution in [3.63, 3.8) is 0 Å². The minimum atomic E-state index is -0.141. The van der Waals surface area contributed by atoms with Crippen molar-refractivity contribution in [3.05, 3.63) is 21.2 Å². The number of hydrogen-bond acceptors (Lipinski definition) is 4. The van der Waals surface area contributed by atoms with E-state index in [1.807, 2.05) is 0 Å². The van der Waals surface area contributed by atoms with Crippen molar-refractivity contribution in [2.24, 2.45) is 0 Å². The van der Waals surface area contributed by atoms with E-state index in [1.54, 1.807) is 0 Å². The van der Waals surface area contributed by atoms with E-state index < -0.39 is 0 Å². The number of nitrogens with one attached hydrogen (secondary N) is 1. The van der Waals surface area contributed by atoms with Crippen LogP contribution < -0.4 is 10.5 Å². The molecule has 7 heteroatoms. The maximum absolute atomic E-state index is 11.5. The van der Waals surface area contributed by atoms with Gasteiger partial charge in [-0.1, -0.05) is 15.9 Å². The molecule has 1 aromatic rings. The summed E-state index contributed by atoms with van der Waals surface area (Å²) in [6.07, 6.45) is 3.69. The van der Waals surface area contributed by atoms with Gasteiger partial charge in [0.15, 0.2) is 0 Å². The summed E-state index contributed by atoms with van der Waals surface area (Å²) in [5.74, 6) is 0.720. The molecule has 0 bridgehead atoms. The number of anilines is 1. The average Bonchev–Trinajstić information content (AvgIpc) is 2.40. The Morgan fingerprint density at radius 3 is 2.89 bits per heavy atom. The topological polar surface area (TPSA) is 58.2 Å². The first kappa shape index (κ1) is 14.0. The molecule has 2 rings (SSSR count). The second-order valence-corrected chi connectivity index (χ2v) is 5.70. The number of aromatic nitrogens is 2. The molecule has 1 aliphatic heterocycles. The minimum Gasteiger partial charge on any atom is -0.377 e. The van der Waals surface area contributed by atoms with Gasteiger partial charge in [0, 0.05) is 18.4 Å². The highest BCUT2D eigenvalue weighted by Gasteiger charge is 2.22. The first-order valence-corrected chi connectivity index (χ1v) is 7.79. The predicted octanol–water partition coefficient (Wildman–Crippen LogP) is 1.91. The van der Waals surface area contributed by atoms with Crippen LogP contribution in [0, 0.1) is 0 Å². The molecular formula is C11H15Br2N3O2. The molecule has 2 heterocycles. The Labute approximate surface area is 122 Å². The number of ether oxygens (including phenoxy) is 1. The van der Waals surface area contributed by atoms with E-state index in [9.17, 15) is 4.79 Å². The Morgan fingerprint density at radius 2 is 2.22 bits per heavy atom. The van der Waals surface area contributed by atoms with E-state index >= 15 is 0 Å². The van der Waals surface area contributed by atoms with Crippen molar-refractivity contribution < 1.29 is 4.74 Å². The lowest BCUT2D eigenvalue weighted by Crippen LogP contribution is -2.38. The molecule has 100 valence electrons. The summed E-state index contributed by atoms with van der Waals surface area (Å²) in [6, 6.07) is 0. The summed E-state index contributed by atoms with van der Waals surface area (Å²) < 4.78 is 6.20. The predicted molar refractivity (Wildman–Crippen MR) is 77.5 cm³/mol. The molecule has 0 amide bonds. The van der Waals surface area contributed by atoms with Crippen LogP contribution in [0.1, 0.15) is 12.8 Å². The van der Waals surface area contributed by atoms with E-state index in [2.05, 4.69) is 46.7 Å². The quantitative estimate of drug-likeness (QED) is 0.810. The van der Waals surface area contributed by atoms with Crippen LogP contribution >= 0.6 is 31.9 Å². The van der Waals surface area contributed by atoms with Gasteiger partial charge in [0.25, 0.3) is 5.56 Å². The van der Waals surface area contributed by atoms with Crippen LogP contribution in [0.4, 0.5) is 5.82 Å². The molecule has 5 nitrogen and oxygen atoms in total. The zero-order valence-electron chi connectivity index (χ0n) is 9.86. The van der Waals surface area contributed by atoms with Crippen LogP contribution in [0.25, 0.3) is 0 Å². The Hall–Kier alpha value is -0.400. The van der Waals surface area contributed by atoms with Crippen molar-refractivity contribution in [1.29, 1.82) is 0 Å². The van der Waals surface area contributed by atoms with Gasteiger partial charge < -0.3 is 14.6 Å². The Bertz CT molecular complexity index is 444. The molecule has 1 aliphatic rings. The molecule has 1 aromatic heterocycles. The Morgan fingerprint density at radius 1 is 1.50 bits per heavy atom. The van der Waals surface area contributed by atoms with E-state index in [1.165, 1.54) is 6.33 Å². The number of rotatable bonds is 4. The highest BCUT2D eigenvalue weighted by molar-refractivity contribution is 9.10. The molecule has 0 aromatic carbocycles. The van der Waals surface area contributed by atoms with Crippen molar-refractivity contribution in [3.8, 4) is 0 Å². The van der Waals surface area contributed by atoms with Crippen LogP contribution in [0.5, 0.6) is 0 Å². The van der Waals surface area contributed by atoms with Gasteiger partial charge >= 0.3 is 0 Å². The molecule has 18 heavy (non-hydrogen) atoms. The molecule has 0 radical (unpaired) electrons. The Balaban J connectivity index is 1.97. The number of alkyl halides is 1. The number of H-pyrrole nitrogens is 1. The molecule has 0 unspecified atom stereocenters. The third kappa shape index (κ3) is 3.33. The molecular weight excluding hydrogens is 366 g/mol. The monoisotopic (exact) mass is 379 g/mol.